The minimum atomic E-state index is -0.962. The van der Waals surface area contributed by atoms with Crippen molar-refractivity contribution in [3.8, 4) is 0 Å². The number of hydrogen-bond donors (Lipinski definition) is 1. The topological polar surface area (TPSA) is 63.1 Å². The van der Waals surface area contributed by atoms with Crippen molar-refractivity contribution in [2.24, 2.45) is 0 Å². The van der Waals surface area contributed by atoms with Crippen molar-refractivity contribution in [1.29, 1.82) is 0 Å². The Balaban J connectivity index is 2.32. The zero-order valence-corrected chi connectivity index (χ0v) is 11.8. The molecule has 0 unspecified atom stereocenters. The fourth-order valence-electron chi connectivity index (χ4n) is 2.13. The third kappa shape index (κ3) is 3.20. The number of carboxylic acid groups (broad SMARTS) is 1. The van der Waals surface area contributed by atoms with Gasteiger partial charge in [0.25, 0.3) is 0 Å². The van der Waals surface area contributed by atoms with Crippen LogP contribution in [0.1, 0.15) is 46.3 Å². The number of aromatic carboxylic acids is 1. The van der Waals surface area contributed by atoms with Crippen molar-refractivity contribution in [3.63, 3.8) is 0 Å². The molecule has 0 radical (unpaired) electrons. The average Bonchev–Trinajstić information content (AvgIpc) is 2.42. The highest BCUT2D eigenvalue weighted by Crippen LogP contribution is 2.13. The Morgan fingerprint density at radius 3 is 2.70 bits per heavy atom. The summed E-state index contributed by atoms with van der Waals surface area (Å²) in [5.74, 6) is -0.288. The molecule has 0 bridgehead atoms. The molecule has 4 heteroatoms. The molecule has 104 valence electrons. The van der Waals surface area contributed by atoms with Crippen molar-refractivity contribution in [1.82, 2.24) is 9.97 Å². The minimum Gasteiger partial charge on any atom is -0.478 e. The summed E-state index contributed by atoms with van der Waals surface area (Å²) in [5, 5.41) is 9.14. The Morgan fingerprint density at radius 2 is 2.05 bits per heavy atom. The molecule has 1 heterocycles. The van der Waals surface area contributed by atoms with Gasteiger partial charge in [0.1, 0.15) is 5.82 Å². The quantitative estimate of drug-likeness (QED) is 0.907. The Labute approximate surface area is 118 Å². The Morgan fingerprint density at radius 1 is 1.30 bits per heavy atom. The summed E-state index contributed by atoms with van der Waals surface area (Å²) in [6.07, 6.45) is 3.57. The second-order valence-corrected chi connectivity index (χ2v) is 4.81. The van der Waals surface area contributed by atoms with Crippen LogP contribution < -0.4 is 0 Å². The smallest absolute Gasteiger partial charge is 0.339 e. The van der Waals surface area contributed by atoms with Crippen LogP contribution in [0.3, 0.4) is 0 Å². The fraction of sp³-hybridized carbons (Fsp3) is 0.312. The highest BCUT2D eigenvalue weighted by molar-refractivity contribution is 5.88. The number of carboxylic acids is 1. The summed E-state index contributed by atoms with van der Waals surface area (Å²) < 4.78 is 0. The normalized spacial score (nSPS) is 10.5. The molecule has 0 fully saturated rings. The molecular weight excluding hydrogens is 252 g/mol. The van der Waals surface area contributed by atoms with Gasteiger partial charge in [-0.1, -0.05) is 37.6 Å². The van der Waals surface area contributed by atoms with Crippen LogP contribution in [0.4, 0.5) is 0 Å². The van der Waals surface area contributed by atoms with Crippen LogP contribution >= 0.6 is 0 Å². The van der Waals surface area contributed by atoms with Gasteiger partial charge in [-0.25, -0.2) is 14.8 Å². The van der Waals surface area contributed by atoms with Gasteiger partial charge in [-0.15, -0.1) is 0 Å². The molecule has 2 rings (SSSR count). The lowest BCUT2D eigenvalue weighted by molar-refractivity contribution is 0.0694. The third-order valence-electron chi connectivity index (χ3n) is 3.24. The zero-order chi connectivity index (χ0) is 14.5. The molecule has 1 N–H and O–H groups in total. The van der Waals surface area contributed by atoms with Crippen LogP contribution in [0.25, 0.3) is 0 Å². The van der Waals surface area contributed by atoms with E-state index in [9.17, 15) is 4.79 Å². The third-order valence-corrected chi connectivity index (χ3v) is 3.24. The second-order valence-electron chi connectivity index (χ2n) is 4.81. The number of benzene rings is 1. The van der Waals surface area contributed by atoms with E-state index in [0.717, 1.165) is 12.0 Å². The van der Waals surface area contributed by atoms with Crippen LogP contribution in [-0.2, 0) is 12.8 Å². The van der Waals surface area contributed by atoms with E-state index in [1.807, 2.05) is 38.1 Å². The monoisotopic (exact) mass is 270 g/mol. The van der Waals surface area contributed by atoms with E-state index in [1.54, 1.807) is 0 Å². The molecule has 0 aliphatic rings. The van der Waals surface area contributed by atoms with Crippen LogP contribution in [0, 0.1) is 6.92 Å². The van der Waals surface area contributed by atoms with Crippen molar-refractivity contribution in [2.45, 2.75) is 33.1 Å². The summed E-state index contributed by atoms with van der Waals surface area (Å²) in [6, 6.07) is 8.08. The molecule has 0 amide bonds. The van der Waals surface area contributed by atoms with Crippen LogP contribution in [-0.4, -0.2) is 21.0 Å². The number of aromatic nitrogens is 2. The highest BCUT2D eigenvalue weighted by Gasteiger charge is 2.13. The van der Waals surface area contributed by atoms with Gasteiger partial charge in [-0.05, 0) is 24.5 Å². The van der Waals surface area contributed by atoms with Crippen LogP contribution in [0.5, 0.6) is 0 Å². The zero-order valence-electron chi connectivity index (χ0n) is 11.8. The van der Waals surface area contributed by atoms with E-state index >= 15 is 0 Å². The molecule has 0 spiro atoms. The van der Waals surface area contributed by atoms with Gasteiger partial charge >= 0.3 is 5.97 Å². The molecule has 1 aromatic heterocycles. The van der Waals surface area contributed by atoms with Crippen molar-refractivity contribution < 1.29 is 9.90 Å². The SMILES string of the molecule is CCCc1nc(Cc2ccccc2C)ncc1C(=O)O. The van der Waals surface area contributed by atoms with Gasteiger partial charge in [0, 0.05) is 12.6 Å². The molecule has 0 aliphatic heterocycles. The van der Waals surface area contributed by atoms with Gasteiger partial charge in [0.05, 0.1) is 11.3 Å². The summed E-state index contributed by atoms with van der Waals surface area (Å²) in [6.45, 7) is 4.06. The number of nitrogens with zero attached hydrogens (tertiary/aromatic N) is 2. The fourth-order valence-corrected chi connectivity index (χ4v) is 2.13. The first-order valence-electron chi connectivity index (χ1n) is 6.74. The number of rotatable bonds is 5. The summed E-state index contributed by atoms with van der Waals surface area (Å²) in [7, 11) is 0. The summed E-state index contributed by atoms with van der Waals surface area (Å²) in [5.41, 5.74) is 3.19. The number of carbonyl (C=O) groups is 1. The second kappa shape index (κ2) is 6.28. The van der Waals surface area contributed by atoms with Gasteiger partial charge in [-0.3, -0.25) is 0 Å². The lowest BCUT2D eigenvalue weighted by atomic mass is 10.1. The Kier molecular flexibility index (Phi) is 4.45. The van der Waals surface area contributed by atoms with Gasteiger partial charge in [-0.2, -0.15) is 0 Å². The molecule has 0 saturated carbocycles. The minimum absolute atomic E-state index is 0.209. The summed E-state index contributed by atoms with van der Waals surface area (Å²) in [4.78, 5) is 19.8. The van der Waals surface area contributed by atoms with Gasteiger partial charge in [0.2, 0.25) is 0 Å². The maximum Gasteiger partial charge on any atom is 0.339 e. The summed E-state index contributed by atoms with van der Waals surface area (Å²) >= 11 is 0. The molecule has 0 aliphatic carbocycles. The molecule has 0 saturated heterocycles. The van der Waals surface area contributed by atoms with Crippen LogP contribution in [0.2, 0.25) is 0 Å². The Hall–Kier alpha value is -2.23. The van der Waals surface area contributed by atoms with E-state index < -0.39 is 5.97 Å². The van der Waals surface area contributed by atoms with Crippen molar-refractivity contribution in [3.05, 3.63) is 58.7 Å². The Bertz CT molecular complexity index is 624. The number of hydrogen-bond acceptors (Lipinski definition) is 3. The first-order valence-corrected chi connectivity index (χ1v) is 6.74. The molecule has 0 atom stereocenters. The predicted molar refractivity (Wildman–Crippen MR) is 77.0 cm³/mol. The molecule has 4 nitrogen and oxygen atoms in total. The van der Waals surface area contributed by atoms with Crippen molar-refractivity contribution >= 4 is 5.97 Å². The maximum absolute atomic E-state index is 11.1. The first-order chi connectivity index (χ1) is 9.61. The molecule has 2 aromatic rings. The standard InChI is InChI=1S/C16H18N2O2/c1-3-6-14-13(16(19)20)10-17-15(18-14)9-12-8-5-4-7-11(12)2/h4-5,7-8,10H,3,6,9H2,1-2H3,(H,19,20). The van der Waals surface area contributed by atoms with Gasteiger partial charge in [0.15, 0.2) is 0 Å². The largest absolute Gasteiger partial charge is 0.478 e. The maximum atomic E-state index is 11.1. The first kappa shape index (κ1) is 14.2. The lowest BCUT2D eigenvalue weighted by Gasteiger charge is -2.08. The van der Waals surface area contributed by atoms with E-state index in [2.05, 4.69) is 9.97 Å². The predicted octanol–water partition coefficient (Wildman–Crippen LogP) is 3.03. The molecule has 1 aromatic carbocycles. The van der Waals surface area contributed by atoms with Crippen LogP contribution in [0.15, 0.2) is 30.5 Å². The highest BCUT2D eigenvalue weighted by atomic mass is 16.4. The van der Waals surface area contributed by atoms with Crippen molar-refractivity contribution in [2.75, 3.05) is 0 Å². The molecule has 20 heavy (non-hydrogen) atoms. The average molecular weight is 270 g/mol. The van der Waals surface area contributed by atoms with E-state index in [1.165, 1.54) is 11.8 Å². The van der Waals surface area contributed by atoms with E-state index in [4.69, 9.17) is 5.11 Å². The van der Waals surface area contributed by atoms with E-state index in [-0.39, 0.29) is 5.56 Å². The number of aryl methyl sites for hydroxylation is 2. The lowest BCUT2D eigenvalue weighted by Crippen LogP contribution is -2.09. The van der Waals surface area contributed by atoms with E-state index in [0.29, 0.717) is 24.4 Å². The van der Waals surface area contributed by atoms with Gasteiger partial charge < -0.3 is 5.11 Å². The molecular formula is C16H18N2O2.